The molecular weight excluding hydrogens is 207 g/mol. The van der Waals surface area contributed by atoms with E-state index < -0.39 is 12.9 Å². The van der Waals surface area contributed by atoms with Crippen molar-refractivity contribution in [3.05, 3.63) is 29.0 Å². The number of halogens is 2. The number of benzene rings is 1. The summed E-state index contributed by atoms with van der Waals surface area (Å²) in [6, 6.07) is 3.87. The van der Waals surface area contributed by atoms with Gasteiger partial charge in [0.05, 0.1) is 10.5 Å². The number of hydrogen-bond acceptors (Lipinski definition) is 2. The highest BCUT2D eigenvalue weighted by atomic mass is 35.5. The first-order valence-corrected chi connectivity index (χ1v) is 4.29. The summed E-state index contributed by atoms with van der Waals surface area (Å²) >= 11 is 5.75. The lowest BCUT2D eigenvalue weighted by atomic mass is 9.87. The molecule has 6 heteroatoms. The monoisotopic (exact) mass is 213 g/mol. The van der Waals surface area contributed by atoms with Crippen molar-refractivity contribution in [1.82, 2.24) is 4.98 Å². The normalized spacial score (nSPS) is 10.9. The van der Waals surface area contributed by atoms with Gasteiger partial charge in [0.1, 0.15) is 5.82 Å². The molecule has 14 heavy (non-hydrogen) atoms. The fourth-order valence-electron chi connectivity index (χ4n) is 1.33. The SMILES string of the molecule is OB(O)c1cc2cc(F)cc(Cl)c2[nH]1. The summed E-state index contributed by atoms with van der Waals surface area (Å²) in [4.78, 5) is 2.69. The Labute approximate surface area is 84.3 Å². The number of H-pyrrole nitrogens is 1. The molecule has 0 bridgehead atoms. The van der Waals surface area contributed by atoms with E-state index in [4.69, 9.17) is 21.6 Å². The Morgan fingerprint density at radius 3 is 2.64 bits per heavy atom. The highest BCUT2D eigenvalue weighted by Gasteiger charge is 2.15. The fourth-order valence-corrected chi connectivity index (χ4v) is 1.59. The van der Waals surface area contributed by atoms with Gasteiger partial charge in [-0.2, -0.15) is 0 Å². The van der Waals surface area contributed by atoms with Crippen molar-refractivity contribution in [3.8, 4) is 0 Å². The zero-order valence-corrected chi connectivity index (χ0v) is 7.72. The van der Waals surface area contributed by atoms with Crippen LogP contribution in [-0.4, -0.2) is 22.2 Å². The highest BCUT2D eigenvalue weighted by Crippen LogP contribution is 2.22. The van der Waals surface area contributed by atoms with Gasteiger partial charge in [-0.25, -0.2) is 4.39 Å². The number of aromatic amines is 1. The van der Waals surface area contributed by atoms with E-state index >= 15 is 0 Å². The average Bonchev–Trinajstić information content (AvgIpc) is 2.47. The molecule has 0 fully saturated rings. The van der Waals surface area contributed by atoms with Gasteiger partial charge in [0, 0.05) is 11.0 Å². The predicted molar refractivity (Wildman–Crippen MR) is 53.1 cm³/mol. The lowest BCUT2D eigenvalue weighted by molar-refractivity contribution is 0.424. The Morgan fingerprint density at radius 1 is 1.29 bits per heavy atom. The Balaban J connectivity index is 2.70. The molecule has 2 aromatic rings. The summed E-state index contributed by atoms with van der Waals surface area (Å²) in [5.74, 6) is -0.458. The van der Waals surface area contributed by atoms with Crippen molar-refractivity contribution >= 4 is 35.2 Å². The number of aromatic nitrogens is 1. The molecule has 0 unspecified atom stereocenters. The summed E-state index contributed by atoms with van der Waals surface area (Å²) in [7, 11) is -1.61. The molecule has 0 aliphatic carbocycles. The Morgan fingerprint density at radius 2 is 2.00 bits per heavy atom. The molecule has 2 rings (SSSR count). The summed E-state index contributed by atoms with van der Waals surface area (Å²) in [5.41, 5.74) is 0.684. The van der Waals surface area contributed by atoms with E-state index in [0.717, 1.165) is 6.07 Å². The molecule has 1 aromatic heterocycles. The predicted octanol–water partition coefficient (Wildman–Crippen LogP) is 0.640. The molecule has 0 spiro atoms. The molecule has 3 nitrogen and oxygen atoms in total. The molecule has 0 aliphatic heterocycles. The van der Waals surface area contributed by atoms with Gasteiger partial charge in [-0.15, -0.1) is 0 Å². The summed E-state index contributed by atoms with van der Waals surface area (Å²) in [6.07, 6.45) is 0. The van der Waals surface area contributed by atoms with E-state index in [1.807, 2.05) is 0 Å². The third kappa shape index (κ3) is 1.50. The van der Waals surface area contributed by atoms with Crippen LogP contribution in [0.2, 0.25) is 5.02 Å². The largest absolute Gasteiger partial charge is 0.505 e. The second kappa shape index (κ2) is 3.27. The highest BCUT2D eigenvalue weighted by molar-refractivity contribution is 6.58. The zero-order chi connectivity index (χ0) is 10.3. The lowest BCUT2D eigenvalue weighted by Gasteiger charge is -1.94. The maximum Gasteiger partial charge on any atom is 0.505 e. The third-order valence-electron chi connectivity index (χ3n) is 1.94. The quantitative estimate of drug-likeness (QED) is 0.609. The molecule has 1 aromatic carbocycles. The molecular formula is C8H6BClFNO2. The maximum atomic E-state index is 12.9. The van der Waals surface area contributed by atoms with E-state index in [1.54, 1.807) is 0 Å². The first-order valence-electron chi connectivity index (χ1n) is 3.92. The van der Waals surface area contributed by atoms with Crippen molar-refractivity contribution in [2.24, 2.45) is 0 Å². The van der Waals surface area contributed by atoms with Gasteiger partial charge in [0.15, 0.2) is 0 Å². The van der Waals surface area contributed by atoms with Crippen molar-refractivity contribution in [2.45, 2.75) is 0 Å². The minimum absolute atomic E-state index is 0.188. The van der Waals surface area contributed by atoms with Gasteiger partial charge in [-0.3, -0.25) is 0 Å². The summed E-state index contributed by atoms with van der Waals surface area (Å²) in [5, 5.41) is 18.5. The van der Waals surface area contributed by atoms with E-state index in [2.05, 4.69) is 4.98 Å². The minimum atomic E-state index is -1.61. The van der Waals surface area contributed by atoms with E-state index in [1.165, 1.54) is 12.1 Å². The molecule has 3 N–H and O–H groups in total. The Hall–Kier alpha value is -1.04. The van der Waals surface area contributed by atoms with Crippen LogP contribution < -0.4 is 5.59 Å². The molecule has 0 saturated carbocycles. The molecule has 0 radical (unpaired) electrons. The van der Waals surface area contributed by atoms with Crippen molar-refractivity contribution in [1.29, 1.82) is 0 Å². The van der Waals surface area contributed by atoms with Crippen LogP contribution in [0.25, 0.3) is 10.9 Å². The fraction of sp³-hybridized carbons (Fsp3) is 0. The molecule has 0 amide bonds. The molecule has 0 saturated heterocycles. The first kappa shape index (κ1) is 9.52. The van der Waals surface area contributed by atoms with Gasteiger partial charge in [0.2, 0.25) is 0 Å². The van der Waals surface area contributed by atoms with Crippen LogP contribution in [0.4, 0.5) is 4.39 Å². The van der Waals surface area contributed by atoms with Crippen LogP contribution in [0.5, 0.6) is 0 Å². The van der Waals surface area contributed by atoms with Crippen molar-refractivity contribution in [2.75, 3.05) is 0 Å². The second-order valence-corrected chi connectivity index (χ2v) is 3.36. The smallest absolute Gasteiger partial charge is 0.422 e. The van der Waals surface area contributed by atoms with E-state index in [-0.39, 0.29) is 10.6 Å². The number of rotatable bonds is 1. The molecule has 0 aliphatic rings. The van der Waals surface area contributed by atoms with E-state index in [0.29, 0.717) is 10.9 Å². The van der Waals surface area contributed by atoms with Crippen molar-refractivity contribution in [3.63, 3.8) is 0 Å². The standard InChI is InChI=1S/C8H6BClFNO2/c10-6-3-5(11)1-4-2-7(9(13)14)12-8(4)6/h1-3,12-14H. The zero-order valence-electron chi connectivity index (χ0n) is 6.96. The molecule has 72 valence electrons. The Bertz CT molecular complexity index is 485. The summed E-state index contributed by atoms with van der Waals surface area (Å²) < 4.78 is 12.9. The maximum absolute atomic E-state index is 12.9. The number of hydrogen-bond donors (Lipinski definition) is 3. The first-order chi connectivity index (χ1) is 6.58. The lowest BCUT2D eigenvalue weighted by Crippen LogP contribution is -2.30. The molecule has 1 heterocycles. The van der Waals surface area contributed by atoms with Gasteiger partial charge in [0.25, 0.3) is 0 Å². The second-order valence-electron chi connectivity index (χ2n) is 2.95. The number of nitrogens with one attached hydrogen (secondary N) is 1. The van der Waals surface area contributed by atoms with Crippen LogP contribution in [0, 0.1) is 5.82 Å². The van der Waals surface area contributed by atoms with E-state index in [9.17, 15) is 4.39 Å². The van der Waals surface area contributed by atoms with Gasteiger partial charge >= 0.3 is 7.12 Å². The van der Waals surface area contributed by atoms with Gasteiger partial charge in [-0.1, -0.05) is 11.6 Å². The minimum Gasteiger partial charge on any atom is -0.422 e. The van der Waals surface area contributed by atoms with Crippen LogP contribution >= 0.6 is 11.6 Å². The molecule has 0 atom stereocenters. The van der Waals surface area contributed by atoms with Crippen LogP contribution in [0.15, 0.2) is 18.2 Å². The Kier molecular flexibility index (Phi) is 2.22. The van der Waals surface area contributed by atoms with Gasteiger partial charge in [-0.05, 0) is 18.2 Å². The van der Waals surface area contributed by atoms with Crippen molar-refractivity contribution < 1.29 is 14.4 Å². The van der Waals surface area contributed by atoms with Crippen LogP contribution in [0.3, 0.4) is 0 Å². The summed E-state index contributed by atoms with van der Waals surface area (Å²) in [6.45, 7) is 0. The van der Waals surface area contributed by atoms with Gasteiger partial charge < -0.3 is 15.0 Å². The average molecular weight is 213 g/mol. The van der Waals surface area contributed by atoms with Crippen LogP contribution in [-0.2, 0) is 0 Å². The van der Waals surface area contributed by atoms with Crippen LogP contribution in [0.1, 0.15) is 0 Å². The third-order valence-corrected chi connectivity index (χ3v) is 2.24. The number of fused-ring (bicyclic) bond motifs is 1. The topological polar surface area (TPSA) is 56.2 Å².